The van der Waals surface area contributed by atoms with Gasteiger partial charge in [0.25, 0.3) is 0 Å². The number of para-hydroxylation sites is 1. The van der Waals surface area contributed by atoms with Crippen LogP contribution in [0.2, 0.25) is 0 Å². The van der Waals surface area contributed by atoms with Crippen LogP contribution < -0.4 is 0 Å². The second kappa shape index (κ2) is 9.46. The quantitative estimate of drug-likeness (QED) is 0.219. The Bertz CT molecular complexity index is 2420. The maximum Gasteiger partial charge on any atom is 0.136 e. The van der Waals surface area contributed by atoms with E-state index in [1.165, 1.54) is 20.2 Å². The predicted molar refractivity (Wildman–Crippen MR) is 172 cm³/mol. The molecule has 0 amide bonds. The van der Waals surface area contributed by atoms with Crippen molar-refractivity contribution < 1.29 is 4.42 Å². The maximum atomic E-state index is 9.68. The zero-order valence-corrected chi connectivity index (χ0v) is 23.1. The predicted octanol–water partition coefficient (Wildman–Crippen LogP) is 10.7. The molecule has 6 aromatic carbocycles. The van der Waals surface area contributed by atoms with Crippen LogP contribution in [0.3, 0.4) is 0 Å². The molecule has 0 unspecified atom stereocenters. The summed E-state index contributed by atoms with van der Waals surface area (Å²) in [7, 11) is 0. The summed E-state index contributed by atoms with van der Waals surface area (Å²) < 4.78 is 8.72. The van der Waals surface area contributed by atoms with Gasteiger partial charge in [0.1, 0.15) is 11.2 Å². The van der Waals surface area contributed by atoms with Crippen LogP contribution in [-0.4, -0.2) is 0 Å². The van der Waals surface area contributed by atoms with Gasteiger partial charge in [-0.05, 0) is 94.0 Å². The minimum absolute atomic E-state index is 0.464. The van der Waals surface area contributed by atoms with E-state index in [0.717, 1.165) is 55.3 Å². The van der Waals surface area contributed by atoms with Crippen LogP contribution in [0.1, 0.15) is 11.1 Å². The Morgan fingerprint density at radius 1 is 0.476 bits per heavy atom. The number of furan rings is 1. The SMILES string of the molecule is N#Cc1cc(C#N)cc(-c2cc(-c3ccc4c(c3)sc3ccccc34)cc(-c3cccc4oc5ccccc5c34)c2)c1. The van der Waals surface area contributed by atoms with Crippen molar-refractivity contribution in [1.29, 1.82) is 10.5 Å². The van der Waals surface area contributed by atoms with Gasteiger partial charge in [-0.1, -0.05) is 60.7 Å². The summed E-state index contributed by atoms with van der Waals surface area (Å²) in [5, 5.41) is 24.0. The number of fused-ring (bicyclic) bond motifs is 6. The summed E-state index contributed by atoms with van der Waals surface area (Å²) in [6.45, 7) is 0. The van der Waals surface area contributed by atoms with Crippen LogP contribution in [0.15, 0.2) is 126 Å². The topological polar surface area (TPSA) is 60.7 Å². The summed E-state index contributed by atoms with van der Waals surface area (Å²) >= 11 is 1.80. The van der Waals surface area contributed by atoms with Gasteiger partial charge in [-0.3, -0.25) is 0 Å². The van der Waals surface area contributed by atoms with Crippen LogP contribution in [0.5, 0.6) is 0 Å². The van der Waals surface area contributed by atoms with Gasteiger partial charge in [0.15, 0.2) is 0 Å². The van der Waals surface area contributed by atoms with Crippen LogP contribution in [-0.2, 0) is 0 Å². The highest BCUT2D eigenvalue weighted by atomic mass is 32.1. The zero-order chi connectivity index (χ0) is 28.2. The number of nitrogens with zero attached hydrogens (tertiary/aromatic N) is 2. The second-order valence-corrected chi connectivity index (χ2v) is 11.5. The molecule has 0 fully saturated rings. The van der Waals surface area contributed by atoms with E-state index >= 15 is 0 Å². The molecular formula is C38H20N2OS. The summed E-state index contributed by atoms with van der Waals surface area (Å²) in [6, 6.07) is 45.8. The largest absolute Gasteiger partial charge is 0.456 e. The Morgan fingerprint density at radius 3 is 1.93 bits per heavy atom. The molecular weight excluding hydrogens is 532 g/mol. The summed E-state index contributed by atoms with van der Waals surface area (Å²) in [5.41, 5.74) is 8.68. The van der Waals surface area contributed by atoms with Crippen molar-refractivity contribution in [2.45, 2.75) is 0 Å². The highest BCUT2D eigenvalue weighted by Gasteiger charge is 2.16. The molecule has 0 atom stereocenters. The molecule has 2 aromatic heterocycles. The Kier molecular flexibility index (Phi) is 5.44. The first-order valence-corrected chi connectivity index (χ1v) is 14.4. The first-order chi connectivity index (χ1) is 20.7. The smallest absolute Gasteiger partial charge is 0.136 e. The maximum absolute atomic E-state index is 9.68. The Morgan fingerprint density at radius 2 is 1.12 bits per heavy atom. The normalized spacial score (nSPS) is 11.3. The highest BCUT2D eigenvalue weighted by Crippen LogP contribution is 2.41. The van der Waals surface area contributed by atoms with Crippen LogP contribution in [0.25, 0.3) is 75.5 Å². The molecule has 2 heterocycles. The molecule has 0 aliphatic rings. The van der Waals surface area contributed by atoms with E-state index in [2.05, 4.69) is 84.9 Å². The third-order valence-corrected chi connectivity index (χ3v) is 9.02. The molecule has 8 rings (SSSR count). The Hall–Kier alpha value is -5.68. The molecule has 0 N–H and O–H groups in total. The van der Waals surface area contributed by atoms with Gasteiger partial charge in [0.05, 0.1) is 23.3 Å². The number of hydrogen-bond acceptors (Lipinski definition) is 4. The lowest BCUT2D eigenvalue weighted by molar-refractivity contribution is 0.669. The molecule has 0 aliphatic carbocycles. The third-order valence-electron chi connectivity index (χ3n) is 7.88. The highest BCUT2D eigenvalue weighted by molar-refractivity contribution is 7.25. The lowest BCUT2D eigenvalue weighted by Gasteiger charge is -2.13. The van der Waals surface area contributed by atoms with E-state index in [4.69, 9.17) is 4.42 Å². The van der Waals surface area contributed by atoms with Gasteiger partial charge < -0.3 is 4.42 Å². The fourth-order valence-corrected chi connectivity index (χ4v) is 7.11. The number of benzene rings is 6. The lowest BCUT2D eigenvalue weighted by Crippen LogP contribution is -1.89. The van der Waals surface area contributed by atoms with Crippen molar-refractivity contribution in [3.8, 4) is 45.5 Å². The van der Waals surface area contributed by atoms with E-state index in [-0.39, 0.29) is 0 Å². The molecule has 0 saturated heterocycles. The molecule has 0 spiro atoms. The lowest BCUT2D eigenvalue weighted by atomic mass is 9.90. The van der Waals surface area contributed by atoms with E-state index in [1.54, 1.807) is 17.4 Å². The fraction of sp³-hybridized carbons (Fsp3) is 0. The number of thiophene rings is 1. The Labute approximate surface area is 245 Å². The molecule has 0 saturated carbocycles. The molecule has 8 aromatic rings. The van der Waals surface area contributed by atoms with Crippen molar-refractivity contribution in [2.75, 3.05) is 0 Å². The van der Waals surface area contributed by atoms with Gasteiger partial charge >= 0.3 is 0 Å². The van der Waals surface area contributed by atoms with Crippen LogP contribution >= 0.6 is 11.3 Å². The number of nitriles is 2. The molecule has 42 heavy (non-hydrogen) atoms. The monoisotopic (exact) mass is 552 g/mol. The number of rotatable bonds is 3. The van der Waals surface area contributed by atoms with Crippen molar-refractivity contribution in [1.82, 2.24) is 0 Å². The van der Waals surface area contributed by atoms with Crippen molar-refractivity contribution in [3.63, 3.8) is 0 Å². The summed E-state index contributed by atoms with van der Waals surface area (Å²) in [4.78, 5) is 0. The van der Waals surface area contributed by atoms with Gasteiger partial charge in [0, 0.05) is 30.9 Å². The number of hydrogen-bond donors (Lipinski definition) is 0. The second-order valence-electron chi connectivity index (χ2n) is 10.4. The molecule has 4 heteroatoms. The fourth-order valence-electron chi connectivity index (χ4n) is 5.96. The zero-order valence-electron chi connectivity index (χ0n) is 22.3. The van der Waals surface area contributed by atoms with Crippen LogP contribution in [0.4, 0.5) is 0 Å². The van der Waals surface area contributed by atoms with Crippen molar-refractivity contribution >= 4 is 53.4 Å². The van der Waals surface area contributed by atoms with E-state index in [1.807, 2.05) is 42.5 Å². The van der Waals surface area contributed by atoms with Crippen molar-refractivity contribution in [2.24, 2.45) is 0 Å². The molecule has 0 aliphatic heterocycles. The van der Waals surface area contributed by atoms with Gasteiger partial charge in [0.2, 0.25) is 0 Å². The van der Waals surface area contributed by atoms with E-state index in [0.29, 0.717) is 11.1 Å². The molecule has 0 radical (unpaired) electrons. The van der Waals surface area contributed by atoms with Crippen LogP contribution in [0, 0.1) is 22.7 Å². The first-order valence-electron chi connectivity index (χ1n) is 13.6. The third kappa shape index (κ3) is 3.86. The van der Waals surface area contributed by atoms with Gasteiger partial charge in [-0.15, -0.1) is 11.3 Å². The minimum atomic E-state index is 0.464. The Balaban J connectivity index is 1.41. The molecule has 194 valence electrons. The van der Waals surface area contributed by atoms with E-state index in [9.17, 15) is 10.5 Å². The van der Waals surface area contributed by atoms with Crippen molar-refractivity contribution in [3.05, 3.63) is 132 Å². The average molecular weight is 553 g/mol. The summed E-state index contributed by atoms with van der Waals surface area (Å²) in [5.74, 6) is 0. The first kappa shape index (κ1) is 24.1. The van der Waals surface area contributed by atoms with Gasteiger partial charge in [-0.25, -0.2) is 0 Å². The minimum Gasteiger partial charge on any atom is -0.456 e. The molecule has 0 bridgehead atoms. The van der Waals surface area contributed by atoms with E-state index < -0.39 is 0 Å². The average Bonchev–Trinajstić information content (AvgIpc) is 3.62. The standard InChI is InChI=1S/C38H20N2OS/c39-21-23-14-24(22-40)16-26(15-23)28-17-27(25-12-13-32-31-6-2-4-11-36(31)42-37(32)20-25)18-29(19-28)30-8-5-10-35-38(30)33-7-1-3-9-34(33)41-35/h1-20H. The summed E-state index contributed by atoms with van der Waals surface area (Å²) in [6.07, 6.45) is 0. The molecule has 3 nitrogen and oxygen atoms in total. The van der Waals surface area contributed by atoms with Gasteiger partial charge in [-0.2, -0.15) is 10.5 Å².